The highest BCUT2D eigenvalue weighted by Gasteiger charge is 2.22. The fourth-order valence-electron chi connectivity index (χ4n) is 3.35. The first-order valence-electron chi connectivity index (χ1n) is 8.95. The molecule has 0 unspecified atom stereocenters. The maximum Gasteiger partial charge on any atom is 0.410 e. The Morgan fingerprint density at radius 1 is 1.21 bits per heavy atom. The Morgan fingerprint density at radius 2 is 1.86 bits per heavy atom. The van der Waals surface area contributed by atoms with E-state index in [0.717, 1.165) is 30.1 Å². The van der Waals surface area contributed by atoms with Crippen molar-refractivity contribution in [1.82, 2.24) is 4.90 Å². The van der Waals surface area contributed by atoms with Crippen LogP contribution in [0.4, 0.5) is 15.3 Å². The van der Waals surface area contributed by atoms with Crippen LogP contribution in [-0.2, 0) is 11.3 Å². The average Bonchev–Trinajstić information content (AvgIpc) is 2.95. The Kier molecular flexibility index (Phi) is 6.18. The van der Waals surface area contributed by atoms with Crippen LogP contribution < -0.4 is 21.5 Å². The second kappa shape index (κ2) is 8.59. The van der Waals surface area contributed by atoms with Gasteiger partial charge < -0.3 is 26.3 Å². The first-order valence-corrected chi connectivity index (χ1v) is 9.76. The molecule has 2 heterocycles. The summed E-state index contributed by atoms with van der Waals surface area (Å²) in [5.74, 6) is 0. The van der Waals surface area contributed by atoms with Crippen LogP contribution in [0.25, 0.3) is 10.4 Å². The Labute approximate surface area is 167 Å². The van der Waals surface area contributed by atoms with E-state index in [0.29, 0.717) is 5.69 Å². The summed E-state index contributed by atoms with van der Waals surface area (Å²) in [7, 11) is 0. The SMILES string of the molecule is C[C@@H]1CN(Cc2ccc(-c3cc(NC(N)=O)c(OC(N)=O)s3)cc2)C[C@H](C)O1. The van der Waals surface area contributed by atoms with Crippen molar-refractivity contribution >= 4 is 29.1 Å². The lowest BCUT2D eigenvalue weighted by atomic mass is 10.1. The van der Waals surface area contributed by atoms with Gasteiger partial charge in [-0.1, -0.05) is 35.6 Å². The van der Waals surface area contributed by atoms with Crippen molar-refractivity contribution in [3.63, 3.8) is 0 Å². The molecule has 3 rings (SSSR count). The number of nitrogens with one attached hydrogen (secondary N) is 1. The van der Waals surface area contributed by atoms with Crippen LogP contribution >= 0.6 is 11.3 Å². The number of nitrogens with zero attached hydrogens (tertiary/aromatic N) is 1. The number of carbonyl (C=O) groups is 2. The second-order valence-electron chi connectivity index (χ2n) is 6.87. The van der Waals surface area contributed by atoms with Crippen LogP contribution in [0.3, 0.4) is 0 Å². The van der Waals surface area contributed by atoms with E-state index in [4.69, 9.17) is 20.9 Å². The number of anilines is 1. The topological polar surface area (TPSA) is 120 Å². The number of morpholine rings is 1. The van der Waals surface area contributed by atoms with Gasteiger partial charge in [0.2, 0.25) is 5.06 Å². The van der Waals surface area contributed by atoms with Crippen molar-refractivity contribution in [2.75, 3.05) is 18.4 Å². The van der Waals surface area contributed by atoms with Crippen molar-refractivity contribution < 1.29 is 19.1 Å². The lowest BCUT2D eigenvalue weighted by molar-refractivity contribution is -0.0704. The van der Waals surface area contributed by atoms with Gasteiger partial charge in [-0.05, 0) is 31.0 Å². The summed E-state index contributed by atoms with van der Waals surface area (Å²) >= 11 is 1.20. The third-order valence-electron chi connectivity index (χ3n) is 4.29. The number of ether oxygens (including phenoxy) is 2. The number of rotatable bonds is 5. The standard InChI is InChI=1S/C19H24N4O4S/c1-11-8-23(9-12(2)26-11)10-13-3-5-14(6-4-13)16-7-15(22-18(20)24)17(28-16)27-19(21)25/h3-7,11-12H,8-10H2,1-2H3,(H2,21,25)(H3,20,22,24)/t11-,12+. The fraction of sp³-hybridized carbons (Fsp3) is 0.368. The Morgan fingerprint density at radius 3 is 2.43 bits per heavy atom. The van der Waals surface area contributed by atoms with Gasteiger partial charge in [-0.15, -0.1) is 0 Å². The molecule has 0 radical (unpaired) electrons. The molecule has 1 aliphatic rings. The van der Waals surface area contributed by atoms with Crippen LogP contribution in [0, 0.1) is 0 Å². The molecule has 2 atom stereocenters. The van der Waals surface area contributed by atoms with E-state index in [1.165, 1.54) is 16.9 Å². The van der Waals surface area contributed by atoms with Gasteiger partial charge in [-0.2, -0.15) is 0 Å². The maximum absolute atomic E-state index is 11.2. The first kappa shape index (κ1) is 20.1. The van der Waals surface area contributed by atoms with E-state index < -0.39 is 12.1 Å². The first-order chi connectivity index (χ1) is 13.3. The number of primary amides is 2. The van der Waals surface area contributed by atoms with Crippen molar-refractivity contribution in [3.8, 4) is 15.5 Å². The quantitative estimate of drug-likeness (QED) is 0.708. The van der Waals surface area contributed by atoms with E-state index in [2.05, 4.69) is 36.2 Å². The lowest BCUT2D eigenvalue weighted by Gasteiger charge is -2.35. The zero-order valence-corrected chi connectivity index (χ0v) is 16.6. The molecular formula is C19H24N4O4S. The molecule has 0 aliphatic carbocycles. The zero-order chi connectivity index (χ0) is 20.3. The molecule has 0 spiro atoms. The molecule has 8 nitrogen and oxygen atoms in total. The van der Waals surface area contributed by atoms with Gasteiger partial charge in [0.25, 0.3) is 0 Å². The maximum atomic E-state index is 11.2. The molecule has 5 N–H and O–H groups in total. The number of urea groups is 1. The van der Waals surface area contributed by atoms with E-state index in [1.54, 1.807) is 6.07 Å². The zero-order valence-electron chi connectivity index (χ0n) is 15.8. The Hall–Kier alpha value is -2.62. The highest BCUT2D eigenvalue weighted by atomic mass is 32.1. The largest absolute Gasteiger partial charge is 0.410 e. The smallest absolute Gasteiger partial charge is 0.397 e. The van der Waals surface area contributed by atoms with Gasteiger partial charge >= 0.3 is 12.1 Å². The number of hydrogen-bond acceptors (Lipinski definition) is 6. The highest BCUT2D eigenvalue weighted by Crippen LogP contribution is 2.41. The van der Waals surface area contributed by atoms with Crippen molar-refractivity contribution in [2.24, 2.45) is 11.5 Å². The molecule has 3 amide bonds. The van der Waals surface area contributed by atoms with E-state index in [-0.39, 0.29) is 17.3 Å². The monoisotopic (exact) mass is 404 g/mol. The molecule has 0 bridgehead atoms. The number of carbonyl (C=O) groups excluding carboxylic acids is 2. The number of hydrogen-bond donors (Lipinski definition) is 3. The third-order valence-corrected chi connectivity index (χ3v) is 5.35. The van der Waals surface area contributed by atoms with E-state index in [1.807, 2.05) is 12.1 Å². The van der Waals surface area contributed by atoms with Crippen LogP contribution in [0.15, 0.2) is 30.3 Å². The second-order valence-corrected chi connectivity index (χ2v) is 7.89. The molecule has 1 aromatic carbocycles. The molecule has 28 heavy (non-hydrogen) atoms. The molecule has 0 saturated carbocycles. The molecule has 1 saturated heterocycles. The Balaban J connectivity index is 1.74. The summed E-state index contributed by atoms with van der Waals surface area (Å²) in [4.78, 5) is 25.4. The van der Waals surface area contributed by atoms with E-state index in [9.17, 15) is 9.59 Å². The molecule has 150 valence electrons. The number of benzene rings is 1. The van der Waals surface area contributed by atoms with Crippen molar-refractivity contribution in [1.29, 1.82) is 0 Å². The molecule has 1 aromatic heterocycles. The summed E-state index contributed by atoms with van der Waals surface area (Å²) in [5, 5.41) is 2.64. The summed E-state index contributed by atoms with van der Waals surface area (Å²) in [6, 6.07) is 9.08. The minimum absolute atomic E-state index is 0.196. The van der Waals surface area contributed by atoms with Crippen molar-refractivity contribution in [2.45, 2.75) is 32.6 Å². The van der Waals surface area contributed by atoms with Crippen molar-refractivity contribution in [3.05, 3.63) is 35.9 Å². The molecule has 1 fully saturated rings. The third kappa shape index (κ3) is 5.22. The predicted octanol–water partition coefficient (Wildman–Crippen LogP) is 2.97. The van der Waals surface area contributed by atoms with Crippen LogP contribution in [0.2, 0.25) is 0 Å². The normalized spacial score (nSPS) is 19.9. The van der Waals surface area contributed by atoms with Crippen LogP contribution in [0.1, 0.15) is 19.4 Å². The summed E-state index contributed by atoms with van der Waals surface area (Å²) in [5.41, 5.74) is 12.7. The minimum atomic E-state index is -0.953. The van der Waals surface area contributed by atoms with Gasteiger partial charge in [0.15, 0.2) is 0 Å². The minimum Gasteiger partial charge on any atom is -0.397 e. The Bertz CT molecular complexity index is 809. The van der Waals surface area contributed by atoms with Crippen LogP contribution in [0.5, 0.6) is 5.06 Å². The van der Waals surface area contributed by atoms with Gasteiger partial charge in [0.1, 0.15) is 0 Å². The van der Waals surface area contributed by atoms with Gasteiger partial charge in [-0.3, -0.25) is 4.90 Å². The molecule has 2 aromatic rings. The van der Waals surface area contributed by atoms with Crippen LogP contribution in [-0.4, -0.2) is 42.3 Å². The summed E-state index contributed by atoms with van der Waals surface area (Å²) < 4.78 is 10.7. The highest BCUT2D eigenvalue weighted by molar-refractivity contribution is 7.18. The number of nitrogens with two attached hydrogens (primary N) is 2. The van der Waals surface area contributed by atoms with Gasteiger partial charge in [0, 0.05) is 24.5 Å². The predicted molar refractivity (Wildman–Crippen MR) is 108 cm³/mol. The molecular weight excluding hydrogens is 380 g/mol. The number of thiophene rings is 1. The average molecular weight is 404 g/mol. The molecule has 9 heteroatoms. The van der Waals surface area contributed by atoms with Gasteiger partial charge in [-0.25, -0.2) is 9.59 Å². The summed E-state index contributed by atoms with van der Waals surface area (Å²) in [6.45, 7) is 6.85. The fourth-order valence-corrected chi connectivity index (χ4v) is 4.32. The van der Waals surface area contributed by atoms with E-state index >= 15 is 0 Å². The molecule has 1 aliphatic heterocycles. The number of amides is 3. The van der Waals surface area contributed by atoms with Gasteiger partial charge in [0.05, 0.1) is 17.9 Å². The summed E-state index contributed by atoms with van der Waals surface area (Å²) in [6.07, 6.45) is -0.492. The lowest BCUT2D eigenvalue weighted by Crippen LogP contribution is -2.44.